The van der Waals surface area contributed by atoms with Gasteiger partial charge in [-0.1, -0.05) is 31.5 Å². The van der Waals surface area contributed by atoms with E-state index < -0.39 is 0 Å². The summed E-state index contributed by atoms with van der Waals surface area (Å²) in [6.07, 6.45) is 3.93. The fourth-order valence-electron chi connectivity index (χ4n) is 1.76. The number of carbonyl (C=O) groups excluding carboxylic acids is 1. The van der Waals surface area contributed by atoms with Gasteiger partial charge in [-0.2, -0.15) is 0 Å². The summed E-state index contributed by atoms with van der Waals surface area (Å²) in [4.78, 5) is 16.2. The highest BCUT2D eigenvalue weighted by atomic mass is 16.1. The van der Waals surface area contributed by atoms with Gasteiger partial charge in [-0.05, 0) is 30.7 Å². The molecule has 1 aromatic heterocycles. The minimum absolute atomic E-state index is 0.126. The maximum absolute atomic E-state index is 12.0. The summed E-state index contributed by atoms with van der Waals surface area (Å²) in [5.74, 6) is 0.704. The zero-order valence-electron chi connectivity index (χ0n) is 11.6. The third-order valence-electron chi connectivity index (χ3n) is 2.89. The number of hydrogen-bond acceptors (Lipinski definition) is 3. The standard InChI is InChI=1S/C16H19N3O/c1-2-3-11-17-15-10-9-14(12-18-15)19-16(20)13-7-5-4-6-8-13/h4-10,12H,2-3,11H2,1H3,(H,17,18)(H,19,20). The molecular formula is C16H19N3O. The molecule has 4 heteroatoms. The molecule has 0 aliphatic carbocycles. The third kappa shape index (κ3) is 4.09. The first kappa shape index (κ1) is 14.1. The summed E-state index contributed by atoms with van der Waals surface area (Å²) in [5.41, 5.74) is 1.33. The maximum Gasteiger partial charge on any atom is 0.255 e. The summed E-state index contributed by atoms with van der Waals surface area (Å²) in [7, 11) is 0. The summed E-state index contributed by atoms with van der Waals surface area (Å²) >= 11 is 0. The second kappa shape index (κ2) is 7.28. The molecular weight excluding hydrogens is 250 g/mol. The van der Waals surface area contributed by atoms with Crippen molar-refractivity contribution in [2.75, 3.05) is 17.2 Å². The highest BCUT2D eigenvalue weighted by Crippen LogP contribution is 2.11. The van der Waals surface area contributed by atoms with E-state index in [4.69, 9.17) is 0 Å². The van der Waals surface area contributed by atoms with E-state index in [1.165, 1.54) is 0 Å². The highest BCUT2D eigenvalue weighted by Gasteiger charge is 2.05. The quantitative estimate of drug-likeness (QED) is 0.789. The smallest absolute Gasteiger partial charge is 0.255 e. The Morgan fingerprint density at radius 2 is 1.95 bits per heavy atom. The van der Waals surface area contributed by atoms with Crippen LogP contribution >= 0.6 is 0 Å². The Hall–Kier alpha value is -2.36. The Kier molecular flexibility index (Phi) is 5.12. The van der Waals surface area contributed by atoms with Crippen molar-refractivity contribution in [3.8, 4) is 0 Å². The molecule has 0 fully saturated rings. The number of carbonyl (C=O) groups is 1. The number of anilines is 2. The molecule has 1 heterocycles. The average molecular weight is 269 g/mol. The molecule has 1 amide bonds. The average Bonchev–Trinajstić information content (AvgIpc) is 2.50. The number of hydrogen-bond donors (Lipinski definition) is 2. The lowest BCUT2D eigenvalue weighted by atomic mass is 10.2. The minimum Gasteiger partial charge on any atom is -0.370 e. The van der Waals surface area contributed by atoms with Crippen LogP contribution in [0.3, 0.4) is 0 Å². The molecule has 0 saturated carbocycles. The fourth-order valence-corrected chi connectivity index (χ4v) is 1.76. The topological polar surface area (TPSA) is 54.0 Å². The van der Waals surface area contributed by atoms with Crippen LogP contribution in [0.2, 0.25) is 0 Å². The monoisotopic (exact) mass is 269 g/mol. The molecule has 4 nitrogen and oxygen atoms in total. The first-order valence-corrected chi connectivity index (χ1v) is 6.86. The SMILES string of the molecule is CCCCNc1ccc(NC(=O)c2ccccc2)cn1. The van der Waals surface area contributed by atoms with Crippen molar-refractivity contribution < 1.29 is 4.79 Å². The molecule has 0 radical (unpaired) electrons. The summed E-state index contributed by atoms with van der Waals surface area (Å²) in [6.45, 7) is 3.07. The summed E-state index contributed by atoms with van der Waals surface area (Å²) in [5, 5.41) is 6.06. The Labute approximate surface area is 119 Å². The Morgan fingerprint density at radius 3 is 2.60 bits per heavy atom. The van der Waals surface area contributed by atoms with Gasteiger partial charge in [0.15, 0.2) is 0 Å². The van der Waals surface area contributed by atoms with Crippen LogP contribution in [0.4, 0.5) is 11.5 Å². The molecule has 0 aliphatic heterocycles. The zero-order valence-corrected chi connectivity index (χ0v) is 11.6. The van der Waals surface area contributed by atoms with Crippen LogP contribution < -0.4 is 10.6 Å². The molecule has 0 saturated heterocycles. The van der Waals surface area contributed by atoms with Crippen LogP contribution in [0.5, 0.6) is 0 Å². The molecule has 0 unspecified atom stereocenters. The van der Waals surface area contributed by atoms with Crippen molar-refractivity contribution in [1.82, 2.24) is 4.98 Å². The van der Waals surface area contributed by atoms with E-state index in [1.807, 2.05) is 30.3 Å². The van der Waals surface area contributed by atoms with Gasteiger partial charge in [-0.15, -0.1) is 0 Å². The van der Waals surface area contributed by atoms with Crippen LogP contribution in [0.15, 0.2) is 48.7 Å². The van der Waals surface area contributed by atoms with Crippen molar-refractivity contribution in [3.63, 3.8) is 0 Å². The first-order valence-electron chi connectivity index (χ1n) is 6.86. The Morgan fingerprint density at radius 1 is 1.15 bits per heavy atom. The number of nitrogens with one attached hydrogen (secondary N) is 2. The summed E-state index contributed by atoms with van der Waals surface area (Å²) in [6, 6.07) is 12.8. The van der Waals surface area contributed by atoms with Crippen LogP contribution in [-0.2, 0) is 0 Å². The van der Waals surface area contributed by atoms with E-state index in [2.05, 4.69) is 22.5 Å². The van der Waals surface area contributed by atoms with Gasteiger partial charge in [0.2, 0.25) is 0 Å². The third-order valence-corrected chi connectivity index (χ3v) is 2.89. The van der Waals surface area contributed by atoms with E-state index >= 15 is 0 Å². The predicted molar refractivity (Wildman–Crippen MR) is 82.0 cm³/mol. The number of pyridine rings is 1. The number of aromatic nitrogens is 1. The van der Waals surface area contributed by atoms with Gasteiger partial charge >= 0.3 is 0 Å². The molecule has 0 bridgehead atoms. The Bertz CT molecular complexity index is 537. The van der Waals surface area contributed by atoms with E-state index in [9.17, 15) is 4.79 Å². The largest absolute Gasteiger partial charge is 0.370 e. The molecule has 2 aromatic rings. The van der Waals surface area contributed by atoms with Crippen LogP contribution in [0.25, 0.3) is 0 Å². The van der Waals surface area contributed by atoms with Crippen LogP contribution in [-0.4, -0.2) is 17.4 Å². The Balaban J connectivity index is 1.92. The highest BCUT2D eigenvalue weighted by molar-refractivity contribution is 6.04. The van der Waals surface area contributed by atoms with Gasteiger partial charge in [0.05, 0.1) is 11.9 Å². The lowest BCUT2D eigenvalue weighted by Gasteiger charge is -2.07. The molecule has 0 spiro atoms. The van der Waals surface area contributed by atoms with Gasteiger partial charge in [-0.25, -0.2) is 4.98 Å². The van der Waals surface area contributed by atoms with E-state index in [0.717, 1.165) is 25.2 Å². The maximum atomic E-state index is 12.0. The van der Waals surface area contributed by atoms with Crippen LogP contribution in [0.1, 0.15) is 30.1 Å². The van der Waals surface area contributed by atoms with Crippen LogP contribution in [0, 0.1) is 0 Å². The molecule has 1 aromatic carbocycles. The molecule has 104 valence electrons. The first-order chi connectivity index (χ1) is 9.79. The minimum atomic E-state index is -0.126. The van der Waals surface area contributed by atoms with E-state index in [0.29, 0.717) is 11.3 Å². The summed E-state index contributed by atoms with van der Waals surface area (Å²) < 4.78 is 0. The van der Waals surface area contributed by atoms with E-state index in [1.54, 1.807) is 18.3 Å². The van der Waals surface area contributed by atoms with Crippen molar-refractivity contribution >= 4 is 17.4 Å². The van der Waals surface area contributed by atoms with Gasteiger partial charge in [0, 0.05) is 12.1 Å². The molecule has 2 rings (SSSR count). The number of unbranched alkanes of at least 4 members (excludes halogenated alkanes) is 1. The van der Waals surface area contributed by atoms with Gasteiger partial charge in [0.25, 0.3) is 5.91 Å². The normalized spacial score (nSPS) is 10.1. The number of amides is 1. The lowest BCUT2D eigenvalue weighted by molar-refractivity contribution is 0.102. The number of rotatable bonds is 6. The van der Waals surface area contributed by atoms with Gasteiger partial charge < -0.3 is 10.6 Å². The predicted octanol–water partition coefficient (Wildman–Crippen LogP) is 3.55. The second-order valence-corrected chi connectivity index (χ2v) is 4.53. The number of nitrogens with zero attached hydrogens (tertiary/aromatic N) is 1. The number of benzene rings is 1. The lowest BCUT2D eigenvalue weighted by Crippen LogP contribution is -2.12. The van der Waals surface area contributed by atoms with Crippen molar-refractivity contribution in [3.05, 3.63) is 54.2 Å². The molecule has 2 N–H and O–H groups in total. The van der Waals surface area contributed by atoms with Crippen molar-refractivity contribution in [2.45, 2.75) is 19.8 Å². The molecule has 0 aliphatic rings. The fraction of sp³-hybridized carbons (Fsp3) is 0.250. The second-order valence-electron chi connectivity index (χ2n) is 4.53. The van der Waals surface area contributed by atoms with Crippen molar-refractivity contribution in [2.24, 2.45) is 0 Å². The van der Waals surface area contributed by atoms with E-state index in [-0.39, 0.29) is 5.91 Å². The van der Waals surface area contributed by atoms with Gasteiger partial charge in [0.1, 0.15) is 5.82 Å². The zero-order chi connectivity index (χ0) is 14.2. The molecule has 20 heavy (non-hydrogen) atoms. The van der Waals surface area contributed by atoms with Crippen molar-refractivity contribution in [1.29, 1.82) is 0 Å². The van der Waals surface area contributed by atoms with Gasteiger partial charge in [-0.3, -0.25) is 4.79 Å². The molecule has 0 atom stereocenters.